The molecule has 3 nitrogen and oxygen atoms in total. The number of amides is 1. The molecule has 0 radical (unpaired) electrons. The van der Waals surface area contributed by atoms with E-state index in [1.54, 1.807) is 43.3 Å². The maximum Gasteiger partial charge on any atom is 0.416 e. The van der Waals surface area contributed by atoms with Crippen LogP contribution in [0.1, 0.15) is 15.9 Å². The highest BCUT2D eigenvalue weighted by Crippen LogP contribution is 2.32. The Morgan fingerprint density at radius 3 is 2.24 bits per heavy atom. The van der Waals surface area contributed by atoms with E-state index in [1.165, 1.54) is 12.1 Å². The van der Waals surface area contributed by atoms with Gasteiger partial charge in [0.15, 0.2) is 0 Å². The monoisotopic (exact) mass is 372 g/mol. The zero-order valence-corrected chi connectivity index (χ0v) is 14.7. The molecule has 0 heterocycles. The number of hydrogen-bond acceptors (Lipinski definition) is 2. The van der Waals surface area contributed by atoms with Crippen LogP contribution in [0, 0.1) is 0 Å². The van der Waals surface area contributed by atoms with E-state index < -0.39 is 11.7 Å². The maximum absolute atomic E-state index is 12.7. The lowest BCUT2D eigenvalue weighted by Crippen LogP contribution is -2.33. The minimum atomic E-state index is -4.37. The maximum atomic E-state index is 12.7. The van der Waals surface area contributed by atoms with Gasteiger partial charge in [0.2, 0.25) is 0 Å². The first-order chi connectivity index (χ1) is 11.3. The Bertz CT molecular complexity index is 702. The molecule has 0 aliphatic carbocycles. The summed E-state index contributed by atoms with van der Waals surface area (Å²) < 4.78 is 38.1. The topological polar surface area (TPSA) is 32.3 Å². The van der Waals surface area contributed by atoms with Crippen LogP contribution in [-0.4, -0.2) is 38.0 Å². The molecule has 1 N–H and O–H groups in total. The first-order valence-electron chi connectivity index (χ1n) is 7.51. The van der Waals surface area contributed by atoms with Crippen LogP contribution in [0.15, 0.2) is 48.5 Å². The Hall–Kier alpha value is -2.05. The molecule has 2 rings (SSSR count). The lowest BCUT2D eigenvalue weighted by atomic mass is 9.98. The fraction of sp³-hybridized carbons (Fsp3) is 0.278. The van der Waals surface area contributed by atoms with Crippen molar-refractivity contribution in [3.05, 3.63) is 59.7 Å². The predicted octanol–water partition coefficient (Wildman–Crippen LogP) is 4.09. The van der Waals surface area contributed by atoms with Crippen LogP contribution in [0.2, 0.25) is 0 Å². The summed E-state index contributed by atoms with van der Waals surface area (Å²) in [5.41, 5.74) is 0.957. The SMILES string of the molecule is CNCCN(C)C(=O)c1ccccc1-c1ccc(C(F)(F)F)cc1.Cl. The van der Waals surface area contributed by atoms with Gasteiger partial charge in [-0.25, -0.2) is 0 Å². The van der Waals surface area contributed by atoms with E-state index in [-0.39, 0.29) is 18.3 Å². The summed E-state index contributed by atoms with van der Waals surface area (Å²) in [6.07, 6.45) is -4.37. The van der Waals surface area contributed by atoms with Crippen molar-refractivity contribution >= 4 is 18.3 Å². The summed E-state index contributed by atoms with van der Waals surface area (Å²) in [6.45, 7) is 1.20. The summed E-state index contributed by atoms with van der Waals surface area (Å²) in [6, 6.07) is 11.8. The summed E-state index contributed by atoms with van der Waals surface area (Å²) in [7, 11) is 3.50. The first kappa shape index (κ1) is 21.0. The van der Waals surface area contributed by atoms with Gasteiger partial charge >= 0.3 is 6.18 Å². The van der Waals surface area contributed by atoms with E-state index in [2.05, 4.69) is 5.32 Å². The smallest absolute Gasteiger partial charge is 0.340 e. The number of hydrogen-bond donors (Lipinski definition) is 1. The predicted molar refractivity (Wildman–Crippen MR) is 95.0 cm³/mol. The second-order valence-corrected chi connectivity index (χ2v) is 5.45. The van der Waals surface area contributed by atoms with Crippen LogP contribution in [0.3, 0.4) is 0 Å². The lowest BCUT2D eigenvalue weighted by Gasteiger charge is -2.19. The van der Waals surface area contributed by atoms with Crippen molar-refractivity contribution in [2.75, 3.05) is 27.2 Å². The third-order valence-electron chi connectivity index (χ3n) is 3.72. The molecule has 0 spiro atoms. The number of likely N-dealkylation sites (N-methyl/N-ethyl adjacent to an activating group) is 2. The summed E-state index contributed by atoms with van der Waals surface area (Å²) in [4.78, 5) is 14.2. The van der Waals surface area contributed by atoms with Gasteiger partial charge in [0.25, 0.3) is 5.91 Å². The van der Waals surface area contributed by atoms with Crippen molar-refractivity contribution < 1.29 is 18.0 Å². The molecule has 1 amide bonds. The Labute approximate surface area is 151 Å². The van der Waals surface area contributed by atoms with Gasteiger partial charge in [-0.3, -0.25) is 4.79 Å². The summed E-state index contributed by atoms with van der Waals surface area (Å²) >= 11 is 0. The largest absolute Gasteiger partial charge is 0.416 e. The van der Waals surface area contributed by atoms with Crippen LogP contribution in [0.4, 0.5) is 13.2 Å². The molecule has 2 aromatic rings. The van der Waals surface area contributed by atoms with E-state index in [0.717, 1.165) is 12.1 Å². The van der Waals surface area contributed by atoms with Crippen molar-refractivity contribution in [2.45, 2.75) is 6.18 Å². The lowest BCUT2D eigenvalue weighted by molar-refractivity contribution is -0.137. The molecule has 0 atom stereocenters. The molecule has 2 aromatic carbocycles. The molecule has 7 heteroatoms. The van der Waals surface area contributed by atoms with Crippen LogP contribution < -0.4 is 5.32 Å². The van der Waals surface area contributed by atoms with E-state index in [9.17, 15) is 18.0 Å². The number of benzene rings is 2. The molecule has 0 aromatic heterocycles. The molecule has 25 heavy (non-hydrogen) atoms. The number of halogens is 4. The Morgan fingerprint density at radius 2 is 1.68 bits per heavy atom. The van der Waals surface area contributed by atoms with Gasteiger partial charge in [0, 0.05) is 25.7 Å². The van der Waals surface area contributed by atoms with Crippen molar-refractivity contribution in [2.24, 2.45) is 0 Å². The van der Waals surface area contributed by atoms with Crippen LogP contribution in [-0.2, 0) is 6.18 Å². The fourth-order valence-electron chi connectivity index (χ4n) is 2.35. The van der Waals surface area contributed by atoms with Crippen LogP contribution in [0.5, 0.6) is 0 Å². The number of carbonyl (C=O) groups excluding carboxylic acids is 1. The van der Waals surface area contributed by atoms with Crippen molar-refractivity contribution in [3.8, 4) is 11.1 Å². The molecule has 136 valence electrons. The van der Waals surface area contributed by atoms with Gasteiger partial charge in [-0.15, -0.1) is 12.4 Å². The van der Waals surface area contributed by atoms with E-state index in [1.807, 2.05) is 0 Å². The number of nitrogens with zero attached hydrogens (tertiary/aromatic N) is 1. The minimum absolute atomic E-state index is 0. The van der Waals surface area contributed by atoms with Gasteiger partial charge in [0.1, 0.15) is 0 Å². The van der Waals surface area contributed by atoms with Crippen molar-refractivity contribution in [1.29, 1.82) is 0 Å². The quantitative estimate of drug-likeness (QED) is 0.857. The van der Waals surface area contributed by atoms with Gasteiger partial charge in [-0.1, -0.05) is 30.3 Å². The second-order valence-electron chi connectivity index (χ2n) is 5.45. The zero-order chi connectivity index (χ0) is 17.7. The Balaban J connectivity index is 0.00000312. The van der Waals surface area contributed by atoms with E-state index >= 15 is 0 Å². The minimum Gasteiger partial charge on any atom is -0.340 e. The Morgan fingerprint density at radius 1 is 1.08 bits per heavy atom. The molecular formula is C18H20ClF3N2O. The number of nitrogens with one attached hydrogen (secondary N) is 1. The average Bonchev–Trinajstić information content (AvgIpc) is 2.58. The molecule has 0 unspecified atom stereocenters. The van der Waals surface area contributed by atoms with E-state index in [4.69, 9.17) is 0 Å². The summed E-state index contributed by atoms with van der Waals surface area (Å²) in [5, 5.41) is 2.97. The molecule has 0 fully saturated rings. The fourth-order valence-corrected chi connectivity index (χ4v) is 2.35. The molecule has 0 bridgehead atoms. The van der Waals surface area contributed by atoms with Gasteiger partial charge < -0.3 is 10.2 Å². The normalized spacial score (nSPS) is 10.9. The molecule has 0 aliphatic rings. The Kier molecular flexibility index (Phi) is 7.45. The highest BCUT2D eigenvalue weighted by atomic mass is 35.5. The highest BCUT2D eigenvalue weighted by Gasteiger charge is 2.30. The summed E-state index contributed by atoms with van der Waals surface area (Å²) in [5.74, 6) is -0.166. The van der Waals surface area contributed by atoms with Crippen molar-refractivity contribution in [3.63, 3.8) is 0 Å². The number of carbonyl (C=O) groups is 1. The first-order valence-corrected chi connectivity index (χ1v) is 7.51. The van der Waals surface area contributed by atoms with Crippen LogP contribution >= 0.6 is 12.4 Å². The third-order valence-corrected chi connectivity index (χ3v) is 3.72. The highest BCUT2D eigenvalue weighted by molar-refractivity contribution is 6.00. The van der Waals surface area contributed by atoms with E-state index in [0.29, 0.717) is 29.8 Å². The van der Waals surface area contributed by atoms with Crippen molar-refractivity contribution in [1.82, 2.24) is 10.2 Å². The number of rotatable bonds is 5. The standard InChI is InChI=1S/C18H19F3N2O.ClH/c1-22-11-12-23(2)17(24)16-6-4-3-5-15(16)13-7-9-14(10-8-13)18(19,20)21;/h3-10,22H,11-12H2,1-2H3;1H. The second kappa shape index (κ2) is 8.87. The van der Waals surface area contributed by atoms with Gasteiger partial charge in [-0.05, 0) is 36.4 Å². The molecule has 0 saturated heterocycles. The number of alkyl halides is 3. The third kappa shape index (κ3) is 5.21. The molecule has 0 aliphatic heterocycles. The van der Waals surface area contributed by atoms with Crippen LogP contribution in [0.25, 0.3) is 11.1 Å². The molecular weight excluding hydrogens is 353 g/mol. The molecule has 0 saturated carbocycles. The average molecular weight is 373 g/mol. The van der Waals surface area contributed by atoms with Gasteiger partial charge in [-0.2, -0.15) is 13.2 Å². The zero-order valence-electron chi connectivity index (χ0n) is 13.9. The van der Waals surface area contributed by atoms with Gasteiger partial charge in [0.05, 0.1) is 5.56 Å².